The van der Waals surface area contributed by atoms with Gasteiger partial charge in [-0.2, -0.15) is 0 Å². The molecule has 6 rings (SSSR count). The van der Waals surface area contributed by atoms with Crippen LogP contribution in [0.5, 0.6) is 0 Å². The van der Waals surface area contributed by atoms with Gasteiger partial charge in [0.15, 0.2) is 0 Å². The highest BCUT2D eigenvalue weighted by molar-refractivity contribution is 7.93. The molecule has 4 heterocycles. The van der Waals surface area contributed by atoms with E-state index in [1.807, 2.05) is 11.8 Å². The van der Waals surface area contributed by atoms with E-state index < -0.39 is 10.0 Å². The van der Waals surface area contributed by atoms with Crippen molar-refractivity contribution in [1.29, 1.82) is 0 Å². The van der Waals surface area contributed by atoms with Gasteiger partial charge in [-0.15, -0.1) is 0 Å². The van der Waals surface area contributed by atoms with Crippen LogP contribution < -0.4 is 9.21 Å². The van der Waals surface area contributed by atoms with Gasteiger partial charge in [0.2, 0.25) is 10.0 Å². The van der Waals surface area contributed by atoms with E-state index in [-0.39, 0.29) is 11.7 Å². The monoisotopic (exact) mass is 481 g/mol. The van der Waals surface area contributed by atoms with Crippen LogP contribution in [0.3, 0.4) is 0 Å². The van der Waals surface area contributed by atoms with E-state index >= 15 is 0 Å². The number of carbonyl (C=O) groups excluding carboxylic acids is 1. The van der Waals surface area contributed by atoms with Crippen LogP contribution in [-0.2, 0) is 10.0 Å². The summed E-state index contributed by atoms with van der Waals surface area (Å²) < 4.78 is 25.8. The fraction of sp³-hybridized carbons (Fsp3) is 0.560. The molecule has 2 aromatic heterocycles. The number of piperazine rings is 1. The third kappa shape index (κ3) is 4.04. The van der Waals surface area contributed by atoms with E-state index in [9.17, 15) is 13.2 Å². The van der Waals surface area contributed by atoms with Gasteiger partial charge in [-0.3, -0.25) is 9.10 Å². The predicted octanol–water partition coefficient (Wildman–Crippen LogP) is 3.04. The number of sulfonamides is 1. The topological polar surface area (TPSA) is 86.7 Å². The van der Waals surface area contributed by atoms with Crippen molar-refractivity contribution in [2.75, 3.05) is 47.7 Å². The fourth-order valence-corrected chi connectivity index (χ4v) is 6.69. The molecule has 0 bridgehead atoms. The van der Waals surface area contributed by atoms with Crippen LogP contribution in [0.15, 0.2) is 24.5 Å². The maximum Gasteiger partial charge on any atom is 0.255 e. The molecule has 4 aliphatic rings. The first-order valence-electron chi connectivity index (χ1n) is 12.4. The van der Waals surface area contributed by atoms with Crippen molar-refractivity contribution in [3.63, 3.8) is 0 Å². The van der Waals surface area contributed by atoms with Gasteiger partial charge in [-0.1, -0.05) is 6.07 Å². The Morgan fingerprint density at radius 2 is 1.68 bits per heavy atom. The Morgan fingerprint density at radius 3 is 2.29 bits per heavy atom. The quantitative estimate of drug-likeness (QED) is 0.653. The molecule has 2 saturated carbocycles. The molecule has 0 aromatic carbocycles. The van der Waals surface area contributed by atoms with Gasteiger partial charge in [-0.25, -0.2) is 18.4 Å². The van der Waals surface area contributed by atoms with Gasteiger partial charge in [0.05, 0.1) is 11.3 Å². The Bertz CT molecular complexity index is 1230. The van der Waals surface area contributed by atoms with E-state index in [4.69, 9.17) is 4.98 Å². The van der Waals surface area contributed by atoms with Crippen LogP contribution in [0.1, 0.15) is 71.0 Å². The van der Waals surface area contributed by atoms with E-state index in [1.54, 1.807) is 6.07 Å². The molecule has 34 heavy (non-hydrogen) atoms. The second-order valence-electron chi connectivity index (χ2n) is 10.1. The lowest BCUT2D eigenvalue weighted by atomic mass is 10.1. The van der Waals surface area contributed by atoms with Crippen LogP contribution in [0.25, 0.3) is 0 Å². The maximum atomic E-state index is 13.3. The molecule has 1 amide bonds. The van der Waals surface area contributed by atoms with Gasteiger partial charge in [0.1, 0.15) is 11.6 Å². The summed E-state index contributed by atoms with van der Waals surface area (Å²) in [5.41, 5.74) is 4.09. The normalized spacial score (nSPS) is 22.3. The number of pyridine rings is 2. The third-order valence-corrected chi connectivity index (χ3v) is 9.38. The first-order valence-corrected chi connectivity index (χ1v) is 14.0. The summed E-state index contributed by atoms with van der Waals surface area (Å²) in [5.74, 6) is 2.98. The largest absolute Gasteiger partial charge is 0.353 e. The summed E-state index contributed by atoms with van der Waals surface area (Å²) in [4.78, 5) is 26.7. The molecule has 0 N–H and O–H groups in total. The van der Waals surface area contributed by atoms with Crippen LogP contribution in [0.2, 0.25) is 0 Å². The Hall–Kier alpha value is -2.68. The molecule has 2 aliphatic carbocycles. The first-order chi connectivity index (χ1) is 16.4. The van der Waals surface area contributed by atoms with Gasteiger partial charge in [0, 0.05) is 45.1 Å². The predicted molar refractivity (Wildman–Crippen MR) is 131 cm³/mol. The van der Waals surface area contributed by atoms with Crippen LogP contribution in [0, 0.1) is 6.92 Å². The number of rotatable bonds is 5. The Balaban J connectivity index is 1.15. The summed E-state index contributed by atoms with van der Waals surface area (Å²) in [5, 5.41) is 0. The standard InChI is InChI=1S/C25H31N5O3S/c1-17-13-23(30-7-2-12-34(30,32)33)26-16-22(17)25(31)29-10-8-28(9-11-29)24-21(19-5-6-19)14-20(15-27-24)18-3-4-18/h13-16,18-19H,2-12H2,1H3. The third-order valence-electron chi connectivity index (χ3n) is 7.53. The second-order valence-corrected chi connectivity index (χ2v) is 12.1. The molecule has 0 atom stereocenters. The summed E-state index contributed by atoms with van der Waals surface area (Å²) in [6.07, 6.45) is 9.29. The van der Waals surface area contributed by atoms with Crippen molar-refractivity contribution in [3.8, 4) is 0 Å². The van der Waals surface area contributed by atoms with E-state index in [2.05, 4.69) is 22.1 Å². The van der Waals surface area contributed by atoms with Gasteiger partial charge < -0.3 is 9.80 Å². The minimum absolute atomic E-state index is 0.0417. The number of aromatic nitrogens is 2. The number of carbonyl (C=O) groups is 1. The molecule has 0 unspecified atom stereocenters. The zero-order valence-electron chi connectivity index (χ0n) is 19.6. The molecule has 0 spiro atoms. The summed E-state index contributed by atoms with van der Waals surface area (Å²) in [6, 6.07) is 4.12. The minimum Gasteiger partial charge on any atom is -0.353 e. The highest BCUT2D eigenvalue weighted by Gasteiger charge is 2.34. The molecule has 8 nitrogen and oxygen atoms in total. The number of aryl methyl sites for hydroxylation is 1. The average Bonchev–Trinajstić information content (AvgIpc) is 3.75. The fourth-order valence-electron chi connectivity index (χ4n) is 5.18. The van der Waals surface area contributed by atoms with Crippen molar-refractivity contribution in [2.24, 2.45) is 0 Å². The maximum absolute atomic E-state index is 13.3. The SMILES string of the molecule is Cc1cc(N2CCCS2(=O)=O)ncc1C(=O)N1CCN(c2ncc(C3CC3)cc2C2CC2)CC1. The van der Waals surface area contributed by atoms with E-state index in [1.165, 1.54) is 47.3 Å². The van der Waals surface area contributed by atoms with Crippen molar-refractivity contribution < 1.29 is 13.2 Å². The Labute approximate surface area is 201 Å². The van der Waals surface area contributed by atoms with Crippen LogP contribution in [-0.4, -0.2) is 67.7 Å². The number of hydrogen-bond acceptors (Lipinski definition) is 6. The molecule has 0 radical (unpaired) electrons. The van der Waals surface area contributed by atoms with E-state index in [0.717, 1.165) is 24.5 Å². The molecule has 2 aliphatic heterocycles. The average molecular weight is 482 g/mol. The molecule has 180 valence electrons. The summed E-state index contributed by atoms with van der Waals surface area (Å²) >= 11 is 0. The smallest absolute Gasteiger partial charge is 0.255 e. The van der Waals surface area contributed by atoms with Crippen molar-refractivity contribution in [3.05, 3.63) is 46.8 Å². The Kier molecular flexibility index (Phi) is 5.28. The Morgan fingerprint density at radius 1 is 0.941 bits per heavy atom. The number of hydrogen-bond donors (Lipinski definition) is 0. The number of anilines is 2. The lowest BCUT2D eigenvalue weighted by molar-refractivity contribution is 0.0745. The number of amides is 1. The highest BCUT2D eigenvalue weighted by Crippen LogP contribution is 2.47. The van der Waals surface area contributed by atoms with Gasteiger partial charge in [-0.05, 0) is 73.6 Å². The van der Waals surface area contributed by atoms with Crippen LogP contribution in [0.4, 0.5) is 11.6 Å². The molecule has 4 fully saturated rings. The molecular weight excluding hydrogens is 450 g/mol. The summed E-state index contributed by atoms with van der Waals surface area (Å²) in [7, 11) is -3.29. The zero-order chi connectivity index (χ0) is 23.4. The lowest BCUT2D eigenvalue weighted by Gasteiger charge is -2.36. The van der Waals surface area contributed by atoms with Crippen molar-refractivity contribution >= 4 is 27.6 Å². The van der Waals surface area contributed by atoms with Crippen molar-refractivity contribution in [2.45, 2.75) is 50.9 Å². The molecular formula is C25H31N5O3S. The summed E-state index contributed by atoms with van der Waals surface area (Å²) in [6.45, 7) is 5.09. The van der Waals surface area contributed by atoms with E-state index in [0.29, 0.717) is 49.3 Å². The second kappa shape index (κ2) is 8.22. The van der Waals surface area contributed by atoms with Gasteiger partial charge >= 0.3 is 0 Å². The van der Waals surface area contributed by atoms with Crippen LogP contribution >= 0.6 is 0 Å². The van der Waals surface area contributed by atoms with Gasteiger partial charge in [0.25, 0.3) is 5.91 Å². The number of nitrogens with zero attached hydrogens (tertiary/aromatic N) is 5. The lowest BCUT2D eigenvalue weighted by Crippen LogP contribution is -2.49. The van der Waals surface area contributed by atoms with Crippen molar-refractivity contribution in [1.82, 2.24) is 14.9 Å². The first kappa shape index (κ1) is 21.8. The molecule has 2 saturated heterocycles. The zero-order valence-corrected chi connectivity index (χ0v) is 20.4. The highest BCUT2D eigenvalue weighted by atomic mass is 32.2. The minimum atomic E-state index is -3.29. The molecule has 2 aromatic rings. The molecule has 9 heteroatoms.